The van der Waals surface area contributed by atoms with Gasteiger partial charge in [-0.25, -0.2) is 4.79 Å². The number of ether oxygens (including phenoxy) is 1. The van der Waals surface area contributed by atoms with Gasteiger partial charge in [0.2, 0.25) is 0 Å². The molecule has 3 aromatic rings. The molecule has 0 heterocycles. The lowest BCUT2D eigenvalue weighted by molar-refractivity contribution is -0.384. The standard InChI is InChI=1S/C20H15NO5/c22-20(23)16-11-17(21(24)25)19(15-9-5-2-6-10-15)18(12-16)26-13-14-7-3-1-4-8-14/h1-12H,13H2,(H,22,23). The van der Waals surface area contributed by atoms with Crippen LogP contribution in [0.4, 0.5) is 5.69 Å². The minimum Gasteiger partial charge on any atom is -0.488 e. The number of carbonyl (C=O) groups is 1. The van der Waals surface area contributed by atoms with Crippen molar-refractivity contribution in [3.05, 3.63) is 94.0 Å². The SMILES string of the molecule is O=C(O)c1cc(OCc2ccccc2)c(-c2ccccc2)c([N+](=O)[O-])c1. The van der Waals surface area contributed by atoms with Crippen LogP contribution >= 0.6 is 0 Å². The van der Waals surface area contributed by atoms with Gasteiger partial charge in [0.15, 0.2) is 0 Å². The molecule has 6 heteroatoms. The quantitative estimate of drug-likeness (QED) is 0.521. The Morgan fingerprint density at radius 2 is 1.62 bits per heavy atom. The number of aromatic carboxylic acids is 1. The van der Waals surface area contributed by atoms with Crippen molar-refractivity contribution >= 4 is 11.7 Å². The Labute approximate surface area is 149 Å². The Bertz CT molecular complexity index is 939. The number of nitro benzene ring substituents is 1. The molecule has 0 radical (unpaired) electrons. The third-order valence-electron chi connectivity index (χ3n) is 3.82. The highest BCUT2D eigenvalue weighted by atomic mass is 16.6. The molecule has 3 rings (SSSR count). The Morgan fingerprint density at radius 3 is 2.19 bits per heavy atom. The van der Waals surface area contributed by atoms with Crippen LogP contribution in [0.15, 0.2) is 72.8 Å². The van der Waals surface area contributed by atoms with E-state index in [9.17, 15) is 20.0 Å². The average molecular weight is 349 g/mol. The van der Waals surface area contributed by atoms with E-state index in [-0.39, 0.29) is 29.2 Å². The first-order valence-electron chi connectivity index (χ1n) is 7.84. The molecule has 3 aromatic carbocycles. The van der Waals surface area contributed by atoms with Crippen LogP contribution in [0.5, 0.6) is 5.75 Å². The van der Waals surface area contributed by atoms with Crippen molar-refractivity contribution in [1.82, 2.24) is 0 Å². The maximum Gasteiger partial charge on any atom is 0.336 e. The van der Waals surface area contributed by atoms with Crippen molar-refractivity contribution in [3.63, 3.8) is 0 Å². The summed E-state index contributed by atoms with van der Waals surface area (Å²) < 4.78 is 5.79. The molecule has 26 heavy (non-hydrogen) atoms. The molecule has 1 N–H and O–H groups in total. The Morgan fingerprint density at radius 1 is 1.00 bits per heavy atom. The van der Waals surface area contributed by atoms with Crippen molar-refractivity contribution in [3.8, 4) is 16.9 Å². The Hall–Kier alpha value is -3.67. The number of hydrogen-bond acceptors (Lipinski definition) is 4. The summed E-state index contributed by atoms with van der Waals surface area (Å²) in [5, 5.41) is 20.8. The van der Waals surface area contributed by atoms with Crippen LogP contribution in [-0.2, 0) is 6.61 Å². The molecule has 0 aliphatic rings. The second-order valence-electron chi connectivity index (χ2n) is 5.57. The highest BCUT2D eigenvalue weighted by molar-refractivity contribution is 5.92. The highest BCUT2D eigenvalue weighted by Crippen LogP contribution is 2.39. The van der Waals surface area contributed by atoms with Crippen molar-refractivity contribution in [2.75, 3.05) is 0 Å². The summed E-state index contributed by atoms with van der Waals surface area (Å²) in [5.41, 5.74) is 1.21. The van der Waals surface area contributed by atoms with Gasteiger partial charge in [-0.05, 0) is 17.2 Å². The van der Waals surface area contributed by atoms with Crippen LogP contribution in [0.2, 0.25) is 0 Å². The first-order chi connectivity index (χ1) is 12.6. The second kappa shape index (κ2) is 7.48. The number of carboxylic acid groups (broad SMARTS) is 1. The van der Waals surface area contributed by atoms with Gasteiger partial charge in [-0.3, -0.25) is 10.1 Å². The van der Waals surface area contributed by atoms with Crippen molar-refractivity contribution < 1.29 is 19.6 Å². The Balaban J connectivity index is 2.12. The summed E-state index contributed by atoms with van der Waals surface area (Å²) in [7, 11) is 0. The third-order valence-corrected chi connectivity index (χ3v) is 3.82. The molecule has 0 saturated heterocycles. The zero-order valence-electron chi connectivity index (χ0n) is 13.7. The number of rotatable bonds is 6. The molecule has 0 aliphatic carbocycles. The Kier molecular flexibility index (Phi) is 4.94. The molecule has 0 aromatic heterocycles. The molecule has 0 atom stereocenters. The van der Waals surface area contributed by atoms with E-state index in [1.807, 2.05) is 30.3 Å². The molecular weight excluding hydrogens is 334 g/mol. The number of nitro groups is 1. The molecule has 0 amide bonds. The summed E-state index contributed by atoms with van der Waals surface area (Å²) >= 11 is 0. The fourth-order valence-electron chi connectivity index (χ4n) is 2.61. The first kappa shape index (κ1) is 17.2. The van der Waals surface area contributed by atoms with Gasteiger partial charge >= 0.3 is 5.97 Å². The molecule has 0 aliphatic heterocycles. The summed E-state index contributed by atoms with van der Waals surface area (Å²) in [4.78, 5) is 22.3. The number of benzene rings is 3. The van der Waals surface area contributed by atoms with E-state index in [4.69, 9.17) is 4.74 Å². The van der Waals surface area contributed by atoms with Gasteiger partial charge in [-0.1, -0.05) is 60.7 Å². The van der Waals surface area contributed by atoms with Crippen molar-refractivity contribution in [2.45, 2.75) is 6.61 Å². The van der Waals surface area contributed by atoms with Crippen LogP contribution in [0, 0.1) is 10.1 Å². The first-order valence-corrected chi connectivity index (χ1v) is 7.84. The lowest BCUT2D eigenvalue weighted by Crippen LogP contribution is -2.04. The second-order valence-corrected chi connectivity index (χ2v) is 5.57. The molecule has 6 nitrogen and oxygen atoms in total. The summed E-state index contributed by atoms with van der Waals surface area (Å²) in [6, 6.07) is 20.4. The summed E-state index contributed by atoms with van der Waals surface area (Å²) in [6.45, 7) is 0.168. The lowest BCUT2D eigenvalue weighted by Gasteiger charge is -2.13. The molecule has 0 fully saturated rings. The monoisotopic (exact) mass is 349 g/mol. The highest BCUT2D eigenvalue weighted by Gasteiger charge is 2.24. The van der Waals surface area contributed by atoms with Crippen LogP contribution < -0.4 is 4.74 Å². The molecule has 0 unspecified atom stereocenters. The molecular formula is C20H15NO5. The smallest absolute Gasteiger partial charge is 0.336 e. The minimum absolute atomic E-state index is 0.159. The van der Waals surface area contributed by atoms with Crippen molar-refractivity contribution in [1.29, 1.82) is 0 Å². The van der Waals surface area contributed by atoms with E-state index in [0.717, 1.165) is 11.6 Å². The van der Waals surface area contributed by atoms with Gasteiger partial charge in [-0.15, -0.1) is 0 Å². The maximum absolute atomic E-state index is 11.6. The third kappa shape index (κ3) is 3.70. The molecule has 130 valence electrons. The van der Waals surface area contributed by atoms with E-state index in [2.05, 4.69) is 0 Å². The number of nitrogens with zero attached hydrogens (tertiary/aromatic N) is 1. The maximum atomic E-state index is 11.6. The largest absolute Gasteiger partial charge is 0.488 e. The van der Waals surface area contributed by atoms with Gasteiger partial charge in [0.05, 0.1) is 10.5 Å². The molecule has 0 spiro atoms. The van der Waals surface area contributed by atoms with E-state index in [1.165, 1.54) is 6.07 Å². The number of hydrogen-bond donors (Lipinski definition) is 1. The van der Waals surface area contributed by atoms with Gasteiger partial charge < -0.3 is 9.84 Å². The van der Waals surface area contributed by atoms with Gasteiger partial charge in [0.25, 0.3) is 5.69 Å². The van der Waals surface area contributed by atoms with Crippen molar-refractivity contribution in [2.24, 2.45) is 0 Å². The van der Waals surface area contributed by atoms with E-state index in [1.54, 1.807) is 30.3 Å². The summed E-state index contributed by atoms with van der Waals surface area (Å²) in [5.74, 6) is -1.09. The molecule has 0 bridgehead atoms. The zero-order valence-corrected chi connectivity index (χ0v) is 13.7. The van der Waals surface area contributed by atoms with Gasteiger partial charge in [0.1, 0.15) is 17.9 Å². The van der Waals surface area contributed by atoms with Crippen LogP contribution in [0.3, 0.4) is 0 Å². The van der Waals surface area contributed by atoms with Crippen LogP contribution in [-0.4, -0.2) is 16.0 Å². The van der Waals surface area contributed by atoms with E-state index in [0.29, 0.717) is 5.56 Å². The summed E-state index contributed by atoms with van der Waals surface area (Å²) in [6.07, 6.45) is 0. The fourth-order valence-corrected chi connectivity index (χ4v) is 2.61. The minimum atomic E-state index is -1.25. The van der Waals surface area contributed by atoms with Gasteiger partial charge in [-0.2, -0.15) is 0 Å². The van der Waals surface area contributed by atoms with Gasteiger partial charge in [0, 0.05) is 6.07 Å². The number of carboxylic acids is 1. The molecule has 0 saturated carbocycles. The fraction of sp³-hybridized carbons (Fsp3) is 0.0500. The van der Waals surface area contributed by atoms with Crippen LogP contribution in [0.25, 0.3) is 11.1 Å². The topological polar surface area (TPSA) is 89.7 Å². The lowest BCUT2D eigenvalue weighted by atomic mass is 10.00. The average Bonchev–Trinajstić information content (AvgIpc) is 2.67. The predicted octanol–water partition coefficient (Wildman–Crippen LogP) is 4.54. The normalized spacial score (nSPS) is 10.3. The zero-order chi connectivity index (χ0) is 18.5. The predicted molar refractivity (Wildman–Crippen MR) is 96.3 cm³/mol. The van der Waals surface area contributed by atoms with E-state index >= 15 is 0 Å². The van der Waals surface area contributed by atoms with E-state index < -0.39 is 10.9 Å². The van der Waals surface area contributed by atoms with Crippen LogP contribution in [0.1, 0.15) is 15.9 Å².